The molecule has 1 heterocycles. The van der Waals surface area contributed by atoms with Crippen LogP contribution in [0, 0.1) is 19.8 Å². The normalized spacial score (nSPS) is 15.2. The first-order valence-electron chi connectivity index (χ1n) is 13.8. The molecule has 41 heavy (non-hydrogen) atoms. The third kappa shape index (κ3) is 8.33. The van der Waals surface area contributed by atoms with Crippen molar-refractivity contribution in [3.63, 3.8) is 0 Å². The van der Waals surface area contributed by atoms with E-state index >= 15 is 0 Å². The molecule has 2 aromatic carbocycles. The molecule has 1 aliphatic rings. The molecule has 3 aromatic rings. The molecule has 4 rings (SSSR count). The van der Waals surface area contributed by atoms with Crippen molar-refractivity contribution in [2.75, 3.05) is 37.2 Å². The van der Waals surface area contributed by atoms with Crippen LogP contribution < -0.4 is 15.0 Å². The van der Waals surface area contributed by atoms with Crippen LogP contribution in [0.2, 0.25) is 0 Å². The Kier molecular flexibility index (Phi) is 10.4. The van der Waals surface area contributed by atoms with Crippen molar-refractivity contribution in [2.45, 2.75) is 50.9 Å². The van der Waals surface area contributed by atoms with E-state index in [9.17, 15) is 9.59 Å². The smallest absolute Gasteiger partial charge is 0.247 e. The minimum absolute atomic E-state index is 0.00860. The summed E-state index contributed by atoms with van der Waals surface area (Å²) in [6.45, 7) is 4.13. The average molecular weight is 574 g/mol. The van der Waals surface area contributed by atoms with E-state index < -0.39 is 6.04 Å². The van der Waals surface area contributed by atoms with Crippen LogP contribution in [0.25, 0.3) is 0 Å². The van der Waals surface area contributed by atoms with Crippen molar-refractivity contribution < 1.29 is 14.3 Å². The molecular weight excluding hydrogens is 534 g/mol. The number of methoxy groups -OCH3 is 1. The number of hydrogen-bond donors (Lipinski definition) is 1. The number of thioether (sulfide) groups is 1. The number of allylic oxidation sites excluding steroid dienone is 2. The molecule has 8 nitrogen and oxygen atoms in total. The van der Waals surface area contributed by atoms with E-state index in [4.69, 9.17) is 4.74 Å². The molecule has 1 N–H and O–H groups in total. The largest absolute Gasteiger partial charge is 0.497 e. The summed E-state index contributed by atoms with van der Waals surface area (Å²) in [6.07, 6.45) is 6.70. The number of anilines is 2. The van der Waals surface area contributed by atoms with Gasteiger partial charge in [-0.3, -0.25) is 9.59 Å². The number of benzene rings is 2. The zero-order valence-corrected chi connectivity index (χ0v) is 25.3. The third-order valence-electron chi connectivity index (χ3n) is 7.13. The fraction of sp³-hybridized carbons (Fsp3) is 0.375. The van der Waals surface area contributed by atoms with Crippen molar-refractivity contribution in [2.24, 2.45) is 5.92 Å². The maximum absolute atomic E-state index is 14.0. The van der Waals surface area contributed by atoms with Gasteiger partial charge in [-0.2, -0.15) is 0 Å². The second kappa shape index (κ2) is 14.2. The van der Waals surface area contributed by atoms with Crippen molar-refractivity contribution in [1.29, 1.82) is 0 Å². The average Bonchev–Trinajstić information content (AvgIpc) is 2.96. The van der Waals surface area contributed by atoms with Crippen molar-refractivity contribution in [3.8, 4) is 5.75 Å². The number of amides is 2. The number of nitrogens with one attached hydrogen (secondary N) is 1. The maximum atomic E-state index is 14.0. The van der Waals surface area contributed by atoms with E-state index in [1.807, 2.05) is 87.4 Å². The summed E-state index contributed by atoms with van der Waals surface area (Å²) in [5.41, 5.74) is 4.38. The summed E-state index contributed by atoms with van der Waals surface area (Å²) < 4.78 is 5.33. The van der Waals surface area contributed by atoms with E-state index in [0.717, 1.165) is 47.7 Å². The second-order valence-electron chi connectivity index (χ2n) is 10.5. The Balaban J connectivity index is 1.64. The Morgan fingerprint density at radius 3 is 2.29 bits per heavy atom. The lowest BCUT2D eigenvalue weighted by Gasteiger charge is -2.37. The van der Waals surface area contributed by atoms with Crippen LogP contribution in [0.4, 0.5) is 11.4 Å². The van der Waals surface area contributed by atoms with Gasteiger partial charge in [0.25, 0.3) is 0 Å². The summed E-state index contributed by atoms with van der Waals surface area (Å²) in [5.74, 6) is 0.541. The van der Waals surface area contributed by atoms with Gasteiger partial charge >= 0.3 is 0 Å². The van der Waals surface area contributed by atoms with Crippen LogP contribution >= 0.6 is 11.8 Å². The fourth-order valence-electron chi connectivity index (χ4n) is 5.01. The van der Waals surface area contributed by atoms with Crippen LogP contribution in [0.5, 0.6) is 5.75 Å². The van der Waals surface area contributed by atoms with Gasteiger partial charge in [-0.1, -0.05) is 36.0 Å². The Hall–Kier alpha value is -3.85. The molecule has 0 unspecified atom stereocenters. The van der Waals surface area contributed by atoms with E-state index in [1.165, 1.54) is 11.8 Å². The van der Waals surface area contributed by atoms with Crippen LogP contribution in [0.3, 0.4) is 0 Å². The number of carbonyl (C=O) groups excluding carboxylic acids is 2. The molecule has 0 saturated carbocycles. The van der Waals surface area contributed by atoms with Crippen molar-refractivity contribution in [3.05, 3.63) is 83.7 Å². The van der Waals surface area contributed by atoms with Crippen LogP contribution in [-0.2, 0) is 16.1 Å². The molecule has 0 aliphatic heterocycles. The molecule has 0 spiro atoms. The van der Waals surface area contributed by atoms with Crippen molar-refractivity contribution in [1.82, 2.24) is 14.9 Å². The summed E-state index contributed by atoms with van der Waals surface area (Å²) in [4.78, 5) is 40.8. The first-order chi connectivity index (χ1) is 19.7. The first-order valence-corrected chi connectivity index (χ1v) is 14.8. The molecule has 216 valence electrons. The van der Waals surface area contributed by atoms with Gasteiger partial charge in [-0.25, -0.2) is 9.97 Å². The highest BCUT2D eigenvalue weighted by Gasteiger charge is 2.36. The number of aromatic nitrogens is 2. The molecule has 2 atom stereocenters. The van der Waals surface area contributed by atoms with Gasteiger partial charge in [0.05, 0.1) is 12.9 Å². The van der Waals surface area contributed by atoms with E-state index in [1.54, 1.807) is 12.0 Å². The van der Waals surface area contributed by atoms with Gasteiger partial charge in [-0.05, 0) is 87.1 Å². The molecule has 1 aromatic heterocycles. The summed E-state index contributed by atoms with van der Waals surface area (Å²) in [6, 6.07) is 16.6. The monoisotopic (exact) mass is 573 g/mol. The summed E-state index contributed by atoms with van der Waals surface area (Å²) >= 11 is 1.30. The summed E-state index contributed by atoms with van der Waals surface area (Å²) in [5, 5.41) is 3.66. The van der Waals surface area contributed by atoms with Gasteiger partial charge in [0.15, 0.2) is 5.16 Å². The Labute approximate surface area is 247 Å². The Bertz CT molecular complexity index is 1340. The third-order valence-corrected chi connectivity index (χ3v) is 7.96. The number of carbonyl (C=O) groups is 2. The molecule has 1 aliphatic carbocycles. The minimum Gasteiger partial charge on any atom is -0.497 e. The molecule has 0 radical (unpaired) electrons. The lowest BCUT2D eigenvalue weighted by molar-refractivity contribution is -0.139. The Morgan fingerprint density at radius 2 is 1.71 bits per heavy atom. The van der Waals surface area contributed by atoms with Gasteiger partial charge in [-0.15, -0.1) is 0 Å². The topological polar surface area (TPSA) is 87.7 Å². The molecule has 2 amide bonds. The SMILES string of the molecule is COc1ccc(CN(C(=O)CSc2nc(C)cc(C)n2)[C@H](C(=O)Nc2ccc(N(C)C)cc2)[C@H]2CC=CCC2)cc1. The molecule has 0 saturated heterocycles. The number of aryl methyl sites for hydroxylation is 2. The second-order valence-corrected chi connectivity index (χ2v) is 11.5. The minimum atomic E-state index is -0.649. The van der Waals surface area contributed by atoms with Crippen LogP contribution in [0.1, 0.15) is 36.2 Å². The zero-order chi connectivity index (χ0) is 29.4. The molecule has 0 bridgehead atoms. The lowest BCUT2D eigenvalue weighted by atomic mass is 9.86. The fourth-order valence-corrected chi connectivity index (χ4v) is 5.85. The quantitative estimate of drug-likeness (QED) is 0.180. The highest BCUT2D eigenvalue weighted by molar-refractivity contribution is 7.99. The number of hydrogen-bond acceptors (Lipinski definition) is 7. The predicted octanol–water partition coefficient (Wildman–Crippen LogP) is 5.65. The number of rotatable bonds is 11. The van der Waals surface area contributed by atoms with Gasteiger partial charge in [0.1, 0.15) is 11.8 Å². The highest BCUT2D eigenvalue weighted by atomic mass is 32.2. The van der Waals surface area contributed by atoms with E-state index in [0.29, 0.717) is 17.4 Å². The Morgan fingerprint density at radius 1 is 1.02 bits per heavy atom. The number of ether oxygens (including phenoxy) is 1. The molecule has 9 heteroatoms. The zero-order valence-electron chi connectivity index (χ0n) is 24.5. The predicted molar refractivity (Wildman–Crippen MR) is 165 cm³/mol. The maximum Gasteiger partial charge on any atom is 0.247 e. The van der Waals surface area contributed by atoms with Gasteiger partial charge in [0.2, 0.25) is 11.8 Å². The van der Waals surface area contributed by atoms with Crippen molar-refractivity contribution >= 4 is 35.0 Å². The van der Waals surface area contributed by atoms with Gasteiger partial charge in [0, 0.05) is 43.4 Å². The summed E-state index contributed by atoms with van der Waals surface area (Å²) in [7, 11) is 5.58. The van der Waals surface area contributed by atoms with Crippen LogP contribution in [0.15, 0.2) is 71.9 Å². The lowest BCUT2D eigenvalue weighted by Crippen LogP contribution is -2.51. The van der Waals surface area contributed by atoms with Crippen LogP contribution in [-0.4, -0.2) is 59.7 Å². The highest BCUT2D eigenvalue weighted by Crippen LogP contribution is 2.29. The standard InChI is InChI=1S/C32H39N5O3S/c1-22-19-23(2)34-32(33-22)41-21-29(38)37(20-24-11-17-28(40-5)18-12-24)30(25-9-7-6-8-10-25)31(39)35-26-13-15-27(16-14-26)36(3)4/h6-7,11-19,25,30H,8-10,20-21H2,1-5H3,(H,35,39)/t25-,30-/m0/s1. The van der Waals surface area contributed by atoms with Gasteiger partial charge < -0.3 is 19.9 Å². The molecular formula is C32H39N5O3S. The van der Waals surface area contributed by atoms with E-state index in [-0.39, 0.29) is 23.5 Å². The molecule has 0 fully saturated rings. The number of nitrogens with zero attached hydrogens (tertiary/aromatic N) is 4. The first kappa shape index (κ1) is 30.1. The van der Waals surface area contributed by atoms with E-state index in [2.05, 4.69) is 27.4 Å².